The summed E-state index contributed by atoms with van der Waals surface area (Å²) in [6.07, 6.45) is 4.27. The molecule has 2 nitrogen and oxygen atoms in total. The second-order valence-corrected chi connectivity index (χ2v) is 6.25. The van der Waals surface area contributed by atoms with Crippen LogP contribution in [0, 0.1) is 5.82 Å². The van der Waals surface area contributed by atoms with Crippen LogP contribution >= 0.6 is 27.5 Å². The minimum absolute atomic E-state index is 0.198. The van der Waals surface area contributed by atoms with Crippen LogP contribution in [0.5, 0.6) is 0 Å². The fraction of sp³-hybridized carbons (Fsp3) is 0.118. The molecule has 0 atom stereocenters. The van der Waals surface area contributed by atoms with Crippen LogP contribution in [0.25, 0.3) is 0 Å². The van der Waals surface area contributed by atoms with Gasteiger partial charge in [-0.3, -0.25) is 0 Å². The van der Waals surface area contributed by atoms with Gasteiger partial charge in [0.1, 0.15) is 11.6 Å². The zero-order valence-corrected chi connectivity index (χ0v) is 14.0. The molecule has 3 aromatic rings. The van der Waals surface area contributed by atoms with Crippen molar-refractivity contribution in [1.29, 1.82) is 0 Å². The van der Waals surface area contributed by atoms with E-state index in [0.29, 0.717) is 23.6 Å². The van der Waals surface area contributed by atoms with Gasteiger partial charge in [-0.15, -0.1) is 0 Å². The molecule has 0 aliphatic rings. The Balaban J connectivity index is 1.83. The topological polar surface area (TPSA) is 17.8 Å². The molecule has 0 saturated heterocycles. The largest absolute Gasteiger partial charge is 0.330 e. The first-order valence-corrected chi connectivity index (χ1v) is 7.98. The highest BCUT2D eigenvalue weighted by Crippen LogP contribution is 2.24. The van der Waals surface area contributed by atoms with E-state index in [-0.39, 0.29) is 5.82 Å². The van der Waals surface area contributed by atoms with E-state index in [1.807, 2.05) is 35.0 Å². The normalized spacial score (nSPS) is 10.9. The quantitative estimate of drug-likeness (QED) is 0.618. The van der Waals surface area contributed by atoms with Crippen LogP contribution in [0.4, 0.5) is 4.39 Å². The van der Waals surface area contributed by atoms with Gasteiger partial charge >= 0.3 is 0 Å². The molecule has 1 heterocycles. The van der Waals surface area contributed by atoms with Gasteiger partial charge in [0.05, 0.1) is 11.6 Å². The molecule has 0 N–H and O–H groups in total. The molecule has 1 aromatic heterocycles. The number of hydrogen-bond acceptors (Lipinski definition) is 1. The summed E-state index contributed by atoms with van der Waals surface area (Å²) >= 11 is 9.43. The predicted octanol–water partition coefficient (Wildman–Crippen LogP) is 5.08. The lowest BCUT2D eigenvalue weighted by molar-refractivity contribution is 0.595. The van der Waals surface area contributed by atoms with Crippen LogP contribution in [0.2, 0.25) is 5.02 Å². The lowest BCUT2D eigenvalue weighted by atomic mass is 10.1. The van der Waals surface area contributed by atoms with E-state index >= 15 is 0 Å². The maximum Gasteiger partial charge on any atom is 0.128 e. The standard InChI is InChI=1S/C17H13BrClFN2/c18-14-9-12(5-6-15(14)19)10-17-21-7-8-22(17)11-13-3-1-2-4-16(13)20/h1-9H,10-11H2. The van der Waals surface area contributed by atoms with Crippen molar-refractivity contribution in [2.45, 2.75) is 13.0 Å². The SMILES string of the molecule is Fc1ccccc1Cn1ccnc1Cc1ccc(Cl)c(Br)c1. The molecule has 0 unspecified atom stereocenters. The van der Waals surface area contributed by atoms with Gasteiger partial charge < -0.3 is 4.57 Å². The van der Waals surface area contributed by atoms with Crippen LogP contribution in [0.15, 0.2) is 59.3 Å². The van der Waals surface area contributed by atoms with Gasteiger partial charge in [0.2, 0.25) is 0 Å². The zero-order valence-electron chi connectivity index (χ0n) is 11.6. The monoisotopic (exact) mass is 378 g/mol. The van der Waals surface area contributed by atoms with Gasteiger partial charge in [-0.2, -0.15) is 0 Å². The molecule has 0 aliphatic heterocycles. The number of aromatic nitrogens is 2. The van der Waals surface area contributed by atoms with E-state index in [1.54, 1.807) is 18.3 Å². The van der Waals surface area contributed by atoms with Gasteiger partial charge in [-0.1, -0.05) is 35.9 Å². The van der Waals surface area contributed by atoms with Crippen LogP contribution in [0.1, 0.15) is 17.0 Å². The molecule has 112 valence electrons. The second kappa shape index (κ2) is 6.63. The fourth-order valence-electron chi connectivity index (χ4n) is 2.29. The Morgan fingerprint density at radius 1 is 1.18 bits per heavy atom. The van der Waals surface area contributed by atoms with Gasteiger partial charge in [0, 0.05) is 28.9 Å². The van der Waals surface area contributed by atoms with Crippen molar-refractivity contribution in [2.24, 2.45) is 0 Å². The number of benzene rings is 2. The van der Waals surface area contributed by atoms with E-state index < -0.39 is 0 Å². The van der Waals surface area contributed by atoms with Crippen LogP contribution < -0.4 is 0 Å². The number of nitrogens with zero attached hydrogens (tertiary/aromatic N) is 2. The molecule has 0 spiro atoms. The highest BCUT2D eigenvalue weighted by molar-refractivity contribution is 9.10. The number of hydrogen-bond donors (Lipinski definition) is 0. The Morgan fingerprint density at radius 2 is 2.00 bits per heavy atom. The third kappa shape index (κ3) is 3.39. The average Bonchev–Trinajstić information content (AvgIpc) is 2.92. The van der Waals surface area contributed by atoms with Crippen molar-refractivity contribution >= 4 is 27.5 Å². The first kappa shape index (κ1) is 15.3. The molecule has 2 aromatic carbocycles. The minimum Gasteiger partial charge on any atom is -0.330 e. The van der Waals surface area contributed by atoms with Gasteiger partial charge in [0.25, 0.3) is 0 Å². The number of rotatable bonds is 4. The number of halogens is 3. The molecular weight excluding hydrogens is 367 g/mol. The van der Waals surface area contributed by atoms with E-state index in [0.717, 1.165) is 15.9 Å². The first-order chi connectivity index (χ1) is 10.6. The molecule has 0 amide bonds. The molecule has 0 fully saturated rings. The average molecular weight is 380 g/mol. The molecule has 0 radical (unpaired) electrons. The summed E-state index contributed by atoms with van der Waals surface area (Å²) in [5.41, 5.74) is 1.75. The maximum absolute atomic E-state index is 13.8. The smallest absolute Gasteiger partial charge is 0.128 e. The Hall–Kier alpha value is -1.65. The van der Waals surface area contributed by atoms with E-state index in [2.05, 4.69) is 20.9 Å². The number of imidazole rings is 1. The van der Waals surface area contributed by atoms with E-state index in [9.17, 15) is 4.39 Å². The Kier molecular flexibility index (Phi) is 4.60. The van der Waals surface area contributed by atoms with Crippen molar-refractivity contribution in [2.75, 3.05) is 0 Å². The summed E-state index contributed by atoms with van der Waals surface area (Å²) in [5, 5.41) is 0.679. The maximum atomic E-state index is 13.8. The summed E-state index contributed by atoms with van der Waals surface area (Å²) < 4.78 is 16.6. The van der Waals surface area contributed by atoms with Gasteiger partial charge in [0.15, 0.2) is 0 Å². The van der Waals surface area contributed by atoms with Crippen molar-refractivity contribution < 1.29 is 4.39 Å². The van der Waals surface area contributed by atoms with Crippen molar-refractivity contribution in [1.82, 2.24) is 9.55 Å². The third-order valence-electron chi connectivity index (χ3n) is 3.45. The fourth-order valence-corrected chi connectivity index (χ4v) is 2.84. The summed E-state index contributed by atoms with van der Waals surface area (Å²) in [6.45, 7) is 0.469. The van der Waals surface area contributed by atoms with Crippen LogP contribution in [-0.2, 0) is 13.0 Å². The first-order valence-electron chi connectivity index (χ1n) is 6.81. The summed E-state index contributed by atoms with van der Waals surface area (Å²) in [5.74, 6) is 0.689. The molecule has 3 rings (SSSR count). The minimum atomic E-state index is -0.198. The van der Waals surface area contributed by atoms with Crippen LogP contribution in [-0.4, -0.2) is 9.55 Å². The lowest BCUT2D eigenvalue weighted by Crippen LogP contribution is -2.06. The second-order valence-electron chi connectivity index (χ2n) is 4.99. The molecule has 5 heteroatoms. The Bertz CT molecular complexity index is 801. The summed E-state index contributed by atoms with van der Waals surface area (Å²) in [7, 11) is 0. The predicted molar refractivity (Wildman–Crippen MR) is 89.7 cm³/mol. The molecule has 0 saturated carbocycles. The van der Waals surface area contributed by atoms with Crippen molar-refractivity contribution in [3.05, 3.63) is 87.1 Å². The van der Waals surface area contributed by atoms with E-state index in [4.69, 9.17) is 11.6 Å². The Labute approximate surface area is 141 Å². The third-order valence-corrected chi connectivity index (χ3v) is 4.66. The summed E-state index contributed by atoms with van der Waals surface area (Å²) in [4.78, 5) is 4.38. The highest BCUT2D eigenvalue weighted by atomic mass is 79.9. The molecular formula is C17H13BrClFN2. The van der Waals surface area contributed by atoms with Gasteiger partial charge in [-0.05, 0) is 39.7 Å². The zero-order chi connectivity index (χ0) is 15.5. The Morgan fingerprint density at radius 3 is 2.77 bits per heavy atom. The summed E-state index contributed by atoms with van der Waals surface area (Å²) in [6, 6.07) is 12.6. The van der Waals surface area contributed by atoms with Gasteiger partial charge in [-0.25, -0.2) is 9.37 Å². The van der Waals surface area contributed by atoms with E-state index in [1.165, 1.54) is 6.07 Å². The van der Waals surface area contributed by atoms with Crippen molar-refractivity contribution in [3.63, 3.8) is 0 Å². The molecule has 0 bridgehead atoms. The highest BCUT2D eigenvalue weighted by Gasteiger charge is 2.08. The van der Waals surface area contributed by atoms with Crippen LogP contribution in [0.3, 0.4) is 0 Å². The molecule has 22 heavy (non-hydrogen) atoms. The lowest BCUT2D eigenvalue weighted by Gasteiger charge is -2.09. The van der Waals surface area contributed by atoms with Crippen molar-refractivity contribution in [3.8, 4) is 0 Å². The molecule has 0 aliphatic carbocycles.